The van der Waals surface area contributed by atoms with Crippen LogP contribution in [-0.4, -0.2) is 32.1 Å². The molecule has 0 heterocycles. The number of carbonyl (C=O) groups is 2. The number of methoxy groups -OCH3 is 1. The fourth-order valence-electron chi connectivity index (χ4n) is 0.567. The third kappa shape index (κ3) is 4.32. The van der Waals surface area contributed by atoms with E-state index in [1.807, 2.05) is 0 Å². The molecular formula is C6H12N2O3. The largest absolute Gasteiger partial charge is 0.468 e. The molecule has 0 saturated heterocycles. The Morgan fingerprint density at radius 2 is 2.45 bits per heavy atom. The standard InChI is InChI=1S/C6H12N2O3/c1-11-6(10)5(7)2-3-8-4-9/h4-5H,2-3,7H2,1H3,(H,8,9). The Morgan fingerprint density at radius 1 is 1.82 bits per heavy atom. The average Bonchev–Trinajstić information content (AvgIpc) is 2.03. The van der Waals surface area contributed by atoms with Crippen molar-refractivity contribution in [2.75, 3.05) is 13.7 Å². The third-order valence-corrected chi connectivity index (χ3v) is 1.19. The molecule has 0 bridgehead atoms. The van der Waals surface area contributed by atoms with Gasteiger partial charge in [-0.05, 0) is 6.42 Å². The lowest BCUT2D eigenvalue weighted by atomic mass is 10.2. The molecule has 0 saturated carbocycles. The van der Waals surface area contributed by atoms with E-state index in [1.165, 1.54) is 7.11 Å². The van der Waals surface area contributed by atoms with Crippen molar-refractivity contribution < 1.29 is 14.3 Å². The molecule has 64 valence electrons. The predicted molar refractivity (Wildman–Crippen MR) is 38.7 cm³/mol. The highest BCUT2D eigenvalue weighted by atomic mass is 16.5. The molecule has 0 radical (unpaired) electrons. The van der Waals surface area contributed by atoms with Gasteiger partial charge in [0, 0.05) is 6.54 Å². The second-order valence-electron chi connectivity index (χ2n) is 1.99. The summed E-state index contributed by atoms with van der Waals surface area (Å²) in [4.78, 5) is 20.4. The summed E-state index contributed by atoms with van der Waals surface area (Å²) in [6.45, 7) is 0.389. The first-order chi connectivity index (χ1) is 5.22. The summed E-state index contributed by atoms with van der Waals surface area (Å²) >= 11 is 0. The maximum Gasteiger partial charge on any atom is 0.322 e. The Morgan fingerprint density at radius 3 is 2.91 bits per heavy atom. The number of hydrogen-bond acceptors (Lipinski definition) is 4. The van der Waals surface area contributed by atoms with Crippen LogP contribution in [0.3, 0.4) is 0 Å². The summed E-state index contributed by atoms with van der Waals surface area (Å²) in [5.41, 5.74) is 5.34. The van der Waals surface area contributed by atoms with E-state index in [9.17, 15) is 9.59 Å². The molecule has 0 aromatic rings. The van der Waals surface area contributed by atoms with Crippen LogP contribution in [0.1, 0.15) is 6.42 Å². The third-order valence-electron chi connectivity index (χ3n) is 1.19. The number of nitrogens with two attached hydrogens (primary N) is 1. The van der Waals surface area contributed by atoms with Crippen LogP contribution >= 0.6 is 0 Å². The van der Waals surface area contributed by atoms with E-state index < -0.39 is 12.0 Å². The van der Waals surface area contributed by atoms with Gasteiger partial charge in [-0.1, -0.05) is 0 Å². The highest BCUT2D eigenvalue weighted by molar-refractivity contribution is 5.75. The lowest BCUT2D eigenvalue weighted by Gasteiger charge is -2.07. The molecular weight excluding hydrogens is 148 g/mol. The van der Waals surface area contributed by atoms with Gasteiger partial charge in [0.2, 0.25) is 6.41 Å². The van der Waals surface area contributed by atoms with E-state index in [2.05, 4.69) is 10.1 Å². The first-order valence-electron chi connectivity index (χ1n) is 3.22. The van der Waals surface area contributed by atoms with E-state index in [1.54, 1.807) is 0 Å². The van der Waals surface area contributed by atoms with Crippen molar-refractivity contribution in [2.24, 2.45) is 5.73 Å². The predicted octanol–water partition coefficient (Wildman–Crippen LogP) is -1.38. The van der Waals surface area contributed by atoms with Crippen LogP contribution in [0.15, 0.2) is 0 Å². The molecule has 0 aromatic heterocycles. The second kappa shape index (κ2) is 5.67. The van der Waals surface area contributed by atoms with Crippen molar-refractivity contribution in [3.8, 4) is 0 Å². The number of esters is 1. The molecule has 1 atom stereocenters. The number of carbonyl (C=O) groups excluding carboxylic acids is 2. The van der Waals surface area contributed by atoms with Crippen molar-refractivity contribution in [1.82, 2.24) is 5.32 Å². The van der Waals surface area contributed by atoms with Gasteiger partial charge in [-0.2, -0.15) is 0 Å². The van der Waals surface area contributed by atoms with Crippen LogP contribution < -0.4 is 11.1 Å². The molecule has 3 N–H and O–H groups in total. The van der Waals surface area contributed by atoms with E-state index in [4.69, 9.17) is 5.73 Å². The van der Waals surface area contributed by atoms with Crippen LogP contribution in [0.4, 0.5) is 0 Å². The Labute approximate surface area is 64.9 Å². The molecule has 0 aromatic carbocycles. The van der Waals surface area contributed by atoms with Gasteiger partial charge in [0.15, 0.2) is 0 Å². The van der Waals surface area contributed by atoms with E-state index in [-0.39, 0.29) is 0 Å². The lowest BCUT2D eigenvalue weighted by molar-refractivity contribution is -0.142. The van der Waals surface area contributed by atoms with Crippen LogP contribution in [-0.2, 0) is 14.3 Å². The Hall–Kier alpha value is -1.10. The van der Waals surface area contributed by atoms with Crippen molar-refractivity contribution in [3.05, 3.63) is 0 Å². The van der Waals surface area contributed by atoms with Gasteiger partial charge in [0.05, 0.1) is 7.11 Å². The van der Waals surface area contributed by atoms with Gasteiger partial charge in [0.25, 0.3) is 0 Å². The zero-order valence-electron chi connectivity index (χ0n) is 6.37. The first-order valence-corrected chi connectivity index (χ1v) is 3.22. The summed E-state index contributed by atoms with van der Waals surface area (Å²) in [6, 6.07) is -0.646. The van der Waals surface area contributed by atoms with Crippen LogP contribution in [0.5, 0.6) is 0 Å². The van der Waals surface area contributed by atoms with Crippen LogP contribution in [0, 0.1) is 0 Å². The highest BCUT2D eigenvalue weighted by Crippen LogP contribution is 1.88. The zero-order chi connectivity index (χ0) is 8.69. The number of hydrogen-bond donors (Lipinski definition) is 2. The van der Waals surface area contributed by atoms with Gasteiger partial charge in [0.1, 0.15) is 6.04 Å². The van der Waals surface area contributed by atoms with Crippen molar-refractivity contribution in [2.45, 2.75) is 12.5 Å². The molecule has 1 amide bonds. The number of rotatable bonds is 5. The maximum atomic E-state index is 10.6. The van der Waals surface area contributed by atoms with Crippen LogP contribution in [0.2, 0.25) is 0 Å². The lowest BCUT2D eigenvalue weighted by Crippen LogP contribution is -2.34. The fourth-order valence-corrected chi connectivity index (χ4v) is 0.567. The normalized spacial score (nSPS) is 11.8. The summed E-state index contributed by atoms with van der Waals surface area (Å²) in [7, 11) is 1.27. The SMILES string of the molecule is COC(=O)C(N)CCNC=O. The number of nitrogens with one attached hydrogen (secondary N) is 1. The molecule has 0 aliphatic heterocycles. The van der Waals surface area contributed by atoms with E-state index in [0.29, 0.717) is 19.4 Å². The minimum absolute atomic E-state index is 0.389. The average molecular weight is 160 g/mol. The first kappa shape index (κ1) is 9.90. The molecule has 0 spiro atoms. The zero-order valence-corrected chi connectivity index (χ0v) is 6.37. The monoisotopic (exact) mass is 160 g/mol. The molecule has 0 aliphatic rings. The Kier molecular flexibility index (Phi) is 5.10. The maximum absolute atomic E-state index is 10.6. The fraction of sp³-hybridized carbons (Fsp3) is 0.667. The number of ether oxygens (including phenoxy) is 1. The Bertz CT molecular complexity index is 138. The van der Waals surface area contributed by atoms with Gasteiger partial charge in [-0.15, -0.1) is 0 Å². The minimum Gasteiger partial charge on any atom is -0.468 e. The summed E-state index contributed by atoms with van der Waals surface area (Å²) < 4.78 is 4.36. The van der Waals surface area contributed by atoms with E-state index in [0.717, 1.165) is 0 Å². The van der Waals surface area contributed by atoms with Gasteiger partial charge >= 0.3 is 5.97 Å². The van der Waals surface area contributed by atoms with Gasteiger partial charge in [-0.25, -0.2) is 0 Å². The molecule has 11 heavy (non-hydrogen) atoms. The Balaban J connectivity index is 3.43. The van der Waals surface area contributed by atoms with Crippen LogP contribution in [0.25, 0.3) is 0 Å². The minimum atomic E-state index is -0.646. The molecule has 0 fully saturated rings. The summed E-state index contributed by atoms with van der Waals surface area (Å²) in [6.07, 6.45) is 0.954. The second-order valence-corrected chi connectivity index (χ2v) is 1.99. The van der Waals surface area contributed by atoms with Crippen molar-refractivity contribution in [3.63, 3.8) is 0 Å². The smallest absolute Gasteiger partial charge is 0.322 e. The van der Waals surface area contributed by atoms with Crippen molar-refractivity contribution >= 4 is 12.4 Å². The number of amides is 1. The molecule has 0 rings (SSSR count). The quantitative estimate of drug-likeness (QED) is 0.295. The molecule has 1 unspecified atom stereocenters. The summed E-state index contributed by atoms with van der Waals surface area (Å²) in [5.74, 6) is -0.460. The molecule has 0 aliphatic carbocycles. The molecule has 5 nitrogen and oxygen atoms in total. The topological polar surface area (TPSA) is 81.4 Å². The van der Waals surface area contributed by atoms with Gasteiger partial charge in [-0.3, -0.25) is 9.59 Å². The highest BCUT2D eigenvalue weighted by Gasteiger charge is 2.11. The van der Waals surface area contributed by atoms with Crippen molar-refractivity contribution in [1.29, 1.82) is 0 Å². The van der Waals surface area contributed by atoms with E-state index >= 15 is 0 Å². The summed E-state index contributed by atoms with van der Waals surface area (Å²) in [5, 5.41) is 2.39. The molecule has 5 heteroatoms. The van der Waals surface area contributed by atoms with Gasteiger partial charge < -0.3 is 15.8 Å².